The topological polar surface area (TPSA) is 137 Å². The van der Waals surface area contributed by atoms with E-state index in [0.29, 0.717) is 11.3 Å². The Morgan fingerprint density at radius 1 is 1.35 bits per heavy atom. The van der Waals surface area contributed by atoms with Crippen molar-refractivity contribution in [3.63, 3.8) is 0 Å². The lowest BCUT2D eigenvalue weighted by Crippen LogP contribution is -2.43. The van der Waals surface area contributed by atoms with E-state index in [1.165, 1.54) is 12.1 Å². The van der Waals surface area contributed by atoms with Gasteiger partial charge in [-0.25, -0.2) is 4.79 Å². The number of carboxylic acid groups (broad SMARTS) is 1. The molecule has 0 bridgehead atoms. The molecule has 104 valence electrons. The highest BCUT2D eigenvalue weighted by molar-refractivity contribution is 5.94. The molecule has 0 fully saturated rings. The van der Waals surface area contributed by atoms with Gasteiger partial charge in [0.15, 0.2) is 0 Å². The summed E-state index contributed by atoms with van der Waals surface area (Å²) in [4.78, 5) is 34.0. The molecule has 8 heteroatoms. The fraction of sp³-hybridized carbons (Fsp3) is 0.167. The average Bonchev–Trinajstić information content (AvgIpc) is 2.37. The molecule has 0 saturated carbocycles. The van der Waals surface area contributed by atoms with Gasteiger partial charge in [-0.2, -0.15) is 5.26 Å². The summed E-state index contributed by atoms with van der Waals surface area (Å²) in [5.41, 5.74) is 5.60. The van der Waals surface area contributed by atoms with Crippen molar-refractivity contribution in [1.82, 2.24) is 4.90 Å². The van der Waals surface area contributed by atoms with Gasteiger partial charge in [0.05, 0.1) is 11.6 Å². The SMILES string of the molecule is N#Cc1cccc(NC(=O)N(CC(N)=O)CC(=O)O)c1. The van der Waals surface area contributed by atoms with E-state index in [0.717, 1.165) is 4.90 Å². The average molecular weight is 276 g/mol. The van der Waals surface area contributed by atoms with Crippen molar-refractivity contribution in [2.45, 2.75) is 0 Å². The standard InChI is InChI=1S/C12H12N4O4/c13-5-8-2-1-3-9(4-8)15-12(20)16(6-10(14)17)7-11(18)19/h1-4H,6-7H2,(H2,14,17)(H,15,20)(H,18,19). The van der Waals surface area contributed by atoms with E-state index in [2.05, 4.69) is 5.32 Å². The van der Waals surface area contributed by atoms with Crippen molar-refractivity contribution in [2.24, 2.45) is 5.73 Å². The van der Waals surface area contributed by atoms with E-state index in [1.807, 2.05) is 6.07 Å². The molecule has 8 nitrogen and oxygen atoms in total. The van der Waals surface area contributed by atoms with Gasteiger partial charge in [0, 0.05) is 5.69 Å². The fourth-order valence-corrected chi connectivity index (χ4v) is 1.42. The maximum absolute atomic E-state index is 11.8. The number of nitrogens with two attached hydrogens (primary N) is 1. The van der Waals surface area contributed by atoms with E-state index in [-0.39, 0.29) is 0 Å². The van der Waals surface area contributed by atoms with Crippen molar-refractivity contribution >= 4 is 23.6 Å². The molecule has 0 aliphatic heterocycles. The number of primary amides is 1. The molecular weight excluding hydrogens is 264 g/mol. The molecule has 1 aromatic carbocycles. The quantitative estimate of drug-likeness (QED) is 0.693. The maximum atomic E-state index is 11.8. The molecular formula is C12H12N4O4. The number of anilines is 1. The third-order valence-corrected chi connectivity index (χ3v) is 2.20. The first-order valence-electron chi connectivity index (χ1n) is 5.48. The minimum Gasteiger partial charge on any atom is -0.480 e. The first-order valence-corrected chi connectivity index (χ1v) is 5.48. The first kappa shape index (κ1) is 15.0. The van der Waals surface area contributed by atoms with Crippen molar-refractivity contribution in [3.8, 4) is 6.07 Å². The Balaban J connectivity index is 2.81. The number of benzene rings is 1. The molecule has 0 atom stereocenters. The normalized spacial score (nSPS) is 9.35. The van der Waals surface area contributed by atoms with Gasteiger partial charge >= 0.3 is 12.0 Å². The summed E-state index contributed by atoms with van der Waals surface area (Å²) in [5.74, 6) is -2.10. The summed E-state index contributed by atoms with van der Waals surface area (Å²) in [7, 11) is 0. The molecule has 3 amide bonds. The Bertz CT molecular complexity index is 563. The van der Waals surface area contributed by atoms with Crippen LogP contribution in [-0.2, 0) is 9.59 Å². The van der Waals surface area contributed by atoms with Crippen LogP contribution in [0.25, 0.3) is 0 Å². The first-order chi connectivity index (χ1) is 9.42. The van der Waals surface area contributed by atoms with Gasteiger partial charge in [-0.05, 0) is 18.2 Å². The molecule has 0 aliphatic rings. The largest absolute Gasteiger partial charge is 0.480 e. The van der Waals surface area contributed by atoms with Crippen LogP contribution in [0, 0.1) is 11.3 Å². The number of hydrogen-bond donors (Lipinski definition) is 3. The van der Waals surface area contributed by atoms with Crippen LogP contribution in [0.5, 0.6) is 0 Å². The molecule has 0 aliphatic carbocycles. The minimum absolute atomic E-state index is 0.314. The Hall–Kier alpha value is -3.08. The van der Waals surface area contributed by atoms with Crippen LogP contribution >= 0.6 is 0 Å². The number of aliphatic carboxylic acids is 1. The number of amides is 3. The number of hydrogen-bond acceptors (Lipinski definition) is 4. The Kier molecular flexibility index (Phi) is 5.05. The highest BCUT2D eigenvalue weighted by atomic mass is 16.4. The highest BCUT2D eigenvalue weighted by Gasteiger charge is 2.18. The van der Waals surface area contributed by atoms with Crippen LogP contribution in [0.15, 0.2) is 24.3 Å². The van der Waals surface area contributed by atoms with Crippen molar-refractivity contribution < 1.29 is 19.5 Å². The minimum atomic E-state index is -1.27. The molecule has 1 rings (SSSR count). The highest BCUT2D eigenvalue weighted by Crippen LogP contribution is 2.10. The number of nitriles is 1. The van der Waals surface area contributed by atoms with Gasteiger partial charge < -0.3 is 21.1 Å². The molecule has 0 aromatic heterocycles. The molecule has 0 heterocycles. The lowest BCUT2D eigenvalue weighted by molar-refractivity contribution is -0.137. The van der Waals surface area contributed by atoms with Gasteiger partial charge in [-0.1, -0.05) is 6.07 Å². The van der Waals surface area contributed by atoms with Gasteiger partial charge in [-0.15, -0.1) is 0 Å². The Labute approximate surface area is 114 Å². The van der Waals surface area contributed by atoms with Crippen LogP contribution in [0.4, 0.5) is 10.5 Å². The fourth-order valence-electron chi connectivity index (χ4n) is 1.42. The summed E-state index contributed by atoms with van der Waals surface area (Å²) >= 11 is 0. The van der Waals surface area contributed by atoms with Gasteiger partial charge in [-0.3, -0.25) is 9.59 Å². The van der Waals surface area contributed by atoms with Gasteiger partial charge in [0.25, 0.3) is 0 Å². The van der Waals surface area contributed by atoms with Crippen molar-refractivity contribution in [1.29, 1.82) is 5.26 Å². The summed E-state index contributed by atoms with van der Waals surface area (Å²) in [6.45, 7) is -1.18. The summed E-state index contributed by atoms with van der Waals surface area (Å²) in [6.07, 6.45) is 0. The molecule has 0 saturated heterocycles. The van der Waals surface area contributed by atoms with E-state index < -0.39 is 31.0 Å². The molecule has 0 radical (unpaired) electrons. The number of nitrogens with one attached hydrogen (secondary N) is 1. The number of rotatable bonds is 5. The predicted octanol–water partition coefficient (Wildman–Crippen LogP) is -0.0379. The van der Waals surface area contributed by atoms with E-state index in [4.69, 9.17) is 16.1 Å². The third-order valence-electron chi connectivity index (χ3n) is 2.20. The van der Waals surface area contributed by atoms with Crippen LogP contribution < -0.4 is 11.1 Å². The van der Waals surface area contributed by atoms with E-state index >= 15 is 0 Å². The second kappa shape index (κ2) is 6.75. The zero-order valence-electron chi connectivity index (χ0n) is 10.4. The predicted molar refractivity (Wildman–Crippen MR) is 68.6 cm³/mol. The lowest BCUT2D eigenvalue weighted by atomic mass is 10.2. The number of carbonyl (C=O) groups is 3. The van der Waals surface area contributed by atoms with Crippen LogP contribution in [-0.4, -0.2) is 41.0 Å². The van der Waals surface area contributed by atoms with Gasteiger partial charge in [0.2, 0.25) is 5.91 Å². The molecule has 20 heavy (non-hydrogen) atoms. The summed E-state index contributed by atoms with van der Waals surface area (Å²) in [6, 6.07) is 7.17. The number of carbonyl (C=O) groups excluding carboxylic acids is 2. The summed E-state index contributed by atoms with van der Waals surface area (Å²) < 4.78 is 0. The van der Waals surface area contributed by atoms with Gasteiger partial charge in [0.1, 0.15) is 13.1 Å². The molecule has 4 N–H and O–H groups in total. The van der Waals surface area contributed by atoms with E-state index in [9.17, 15) is 14.4 Å². The summed E-state index contributed by atoms with van der Waals surface area (Å²) in [5, 5.41) is 19.8. The lowest BCUT2D eigenvalue weighted by Gasteiger charge is -2.19. The zero-order valence-corrected chi connectivity index (χ0v) is 10.4. The van der Waals surface area contributed by atoms with Crippen LogP contribution in [0.1, 0.15) is 5.56 Å². The Morgan fingerprint density at radius 2 is 2.05 bits per heavy atom. The number of nitrogens with zero attached hydrogens (tertiary/aromatic N) is 2. The van der Waals surface area contributed by atoms with Crippen molar-refractivity contribution in [3.05, 3.63) is 29.8 Å². The number of carboxylic acids is 1. The third kappa shape index (κ3) is 4.66. The second-order valence-corrected chi connectivity index (χ2v) is 3.84. The number of urea groups is 1. The maximum Gasteiger partial charge on any atom is 0.323 e. The van der Waals surface area contributed by atoms with E-state index in [1.54, 1.807) is 12.1 Å². The van der Waals surface area contributed by atoms with Crippen molar-refractivity contribution in [2.75, 3.05) is 18.4 Å². The zero-order chi connectivity index (χ0) is 15.1. The second-order valence-electron chi connectivity index (χ2n) is 3.84. The van der Waals surface area contributed by atoms with Crippen LogP contribution in [0.3, 0.4) is 0 Å². The molecule has 1 aromatic rings. The smallest absolute Gasteiger partial charge is 0.323 e. The molecule has 0 unspecified atom stereocenters. The Morgan fingerprint density at radius 3 is 2.60 bits per heavy atom. The molecule has 0 spiro atoms. The van der Waals surface area contributed by atoms with Crippen LogP contribution in [0.2, 0.25) is 0 Å². The monoisotopic (exact) mass is 276 g/mol.